The zero-order valence-corrected chi connectivity index (χ0v) is 18.2. The van der Waals surface area contributed by atoms with Crippen molar-refractivity contribution in [3.05, 3.63) is 59.9 Å². The highest BCUT2D eigenvalue weighted by atomic mass is 32.2. The van der Waals surface area contributed by atoms with E-state index in [0.717, 1.165) is 17.8 Å². The monoisotopic (exact) mass is 467 g/mol. The maximum absolute atomic E-state index is 13.5. The number of rotatable bonds is 4. The fraction of sp³-hybridized carbons (Fsp3) is 0.409. The van der Waals surface area contributed by atoms with Crippen LogP contribution in [0.3, 0.4) is 0 Å². The lowest BCUT2D eigenvalue weighted by Crippen LogP contribution is -2.52. The van der Waals surface area contributed by atoms with Gasteiger partial charge in [-0.15, -0.1) is 0 Å². The Balaban J connectivity index is 1.32. The topological polar surface area (TPSA) is 60.9 Å². The Bertz CT molecular complexity index is 1080. The standard InChI is InChI=1S/C22H24F3N3O3S/c23-17-1-3-18(4-2-17)26-11-13-27(14-12-26)22(29)16-7-9-28(10-8-16)32(30,31)19-5-6-20(24)21(25)15-19/h1-6,15-16H,7-14H2. The summed E-state index contributed by atoms with van der Waals surface area (Å²) in [6.45, 7) is 2.66. The van der Waals surface area contributed by atoms with Gasteiger partial charge in [-0.3, -0.25) is 4.79 Å². The molecular weight excluding hydrogens is 443 g/mol. The summed E-state index contributed by atoms with van der Waals surface area (Å²) in [4.78, 5) is 16.5. The van der Waals surface area contributed by atoms with Gasteiger partial charge in [-0.1, -0.05) is 0 Å². The van der Waals surface area contributed by atoms with Crippen LogP contribution in [0.4, 0.5) is 18.9 Å². The second kappa shape index (κ2) is 9.11. The molecule has 2 aliphatic rings. The zero-order valence-electron chi connectivity index (χ0n) is 17.4. The molecule has 0 bridgehead atoms. The average Bonchev–Trinajstić information content (AvgIpc) is 2.81. The molecule has 0 N–H and O–H groups in total. The van der Waals surface area contributed by atoms with E-state index < -0.39 is 21.7 Å². The minimum absolute atomic E-state index is 0.00799. The Labute approximate surface area is 185 Å². The molecule has 0 atom stereocenters. The molecule has 0 unspecified atom stereocenters. The maximum atomic E-state index is 13.5. The van der Waals surface area contributed by atoms with Crippen molar-refractivity contribution in [3.63, 3.8) is 0 Å². The largest absolute Gasteiger partial charge is 0.368 e. The fourth-order valence-corrected chi connectivity index (χ4v) is 5.71. The summed E-state index contributed by atoms with van der Waals surface area (Å²) in [6, 6.07) is 8.79. The Morgan fingerprint density at radius 2 is 1.44 bits per heavy atom. The third-order valence-corrected chi connectivity index (χ3v) is 8.01. The fourth-order valence-electron chi connectivity index (χ4n) is 4.22. The van der Waals surface area contributed by atoms with Crippen molar-refractivity contribution in [1.29, 1.82) is 0 Å². The number of carbonyl (C=O) groups excluding carboxylic acids is 1. The highest BCUT2D eigenvalue weighted by molar-refractivity contribution is 7.89. The second-order valence-electron chi connectivity index (χ2n) is 8.04. The first-order chi connectivity index (χ1) is 15.3. The van der Waals surface area contributed by atoms with Gasteiger partial charge < -0.3 is 9.80 Å². The predicted molar refractivity (Wildman–Crippen MR) is 113 cm³/mol. The number of piperidine rings is 1. The van der Waals surface area contributed by atoms with Gasteiger partial charge in [0.2, 0.25) is 15.9 Å². The molecule has 2 saturated heterocycles. The van der Waals surface area contributed by atoms with Crippen LogP contribution in [0.15, 0.2) is 47.4 Å². The van der Waals surface area contributed by atoms with Crippen LogP contribution in [0.2, 0.25) is 0 Å². The van der Waals surface area contributed by atoms with Crippen LogP contribution < -0.4 is 4.90 Å². The molecule has 2 heterocycles. The molecular formula is C22H24F3N3O3S. The number of hydrogen-bond acceptors (Lipinski definition) is 4. The van der Waals surface area contributed by atoms with E-state index in [1.165, 1.54) is 16.4 Å². The molecule has 10 heteroatoms. The summed E-state index contributed by atoms with van der Waals surface area (Å²) in [7, 11) is -3.95. The van der Waals surface area contributed by atoms with E-state index in [4.69, 9.17) is 0 Å². The molecule has 2 aromatic carbocycles. The van der Waals surface area contributed by atoms with E-state index in [-0.39, 0.29) is 35.6 Å². The van der Waals surface area contributed by atoms with E-state index in [1.54, 1.807) is 17.0 Å². The molecule has 4 rings (SSSR count). The SMILES string of the molecule is O=C(C1CCN(S(=O)(=O)c2ccc(F)c(F)c2)CC1)N1CCN(c2ccc(F)cc2)CC1. The summed E-state index contributed by atoms with van der Waals surface area (Å²) in [5.41, 5.74) is 0.911. The molecule has 0 aliphatic carbocycles. The number of amides is 1. The molecule has 0 saturated carbocycles. The minimum Gasteiger partial charge on any atom is -0.368 e. The molecule has 2 aromatic rings. The molecule has 0 radical (unpaired) electrons. The van der Waals surface area contributed by atoms with Crippen molar-refractivity contribution >= 4 is 21.6 Å². The van der Waals surface area contributed by atoms with E-state index in [0.29, 0.717) is 45.1 Å². The maximum Gasteiger partial charge on any atom is 0.243 e. The lowest BCUT2D eigenvalue weighted by molar-refractivity contribution is -0.137. The van der Waals surface area contributed by atoms with Crippen LogP contribution in [0, 0.1) is 23.4 Å². The molecule has 6 nitrogen and oxygen atoms in total. The van der Waals surface area contributed by atoms with Gasteiger partial charge in [0.05, 0.1) is 4.90 Å². The number of piperazine rings is 1. The highest BCUT2D eigenvalue weighted by Gasteiger charge is 2.35. The molecule has 1 amide bonds. The van der Waals surface area contributed by atoms with E-state index in [9.17, 15) is 26.4 Å². The summed E-state index contributed by atoms with van der Waals surface area (Å²) in [5.74, 6) is -2.87. The molecule has 2 aliphatic heterocycles. The van der Waals surface area contributed by atoms with Gasteiger partial charge in [-0.05, 0) is 55.3 Å². The summed E-state index contributed by atoms with van der Waals surface area (Å²) in [6.07, 6.45) is 0.750. The predicted octanol–water partition coefficient (Wildman–Crippen LogP) is 2.85. The number of hydrogen-bond donors (Lipinski definition) is 0. The average molecular weight is 468 g/mol. The van der Waals surface area contributed by atoms with Crippen LogP contribution in [0.25, 0.3) is 0 Å². The van der Waals surface area contributed by atoms with Crippen molar-refractivity contribution in [1.82, 2.24) is 9.21 Å². The van der Waals surface area contributed by atoms with Gasteiger partial charge in [0.25, 0.3) is 0 Å². The first-order valence-corrected chi connectivity index (χ1v) is 11.9. The Kier molecular flexibility index (Phi) is 6.43. The number of benzene rings is 2. The van der Waals surface area contributed by atoms with Crippen molar-refractivity contribution in [2.45, 2.75) is 17.7 Å². The van der Waals surface area contributed by atoms with E-state index in [2.05, 4.69) is 4.90 Å². The zero-order chi connectivity index (χ0) is 22.9. The second-order valence-corrected chi connectivity index (χ2v) is 9.98. The van der Waals surface area contributed by atoms with Gasteiger partial charge in [0, 0.05) is 50.9 Å². The molecule has 172 valence electrons. The smallest absolute Gasteiger partial charge is 0.243 e. The number of halogens is 3. The van der Waals surface area contributed by atoms with Crippen LogP contribution in [0.5, 0.6) is 0 Å². The van der Waals surface area contributed by atoms with Crippen molar-refractivity contribution in [2.75, 3.05) is 44.2 Å². The minimum atomic E-state index is -3.95. The summed E-state index contributed by atoms with van der Waals surface area (Å²) >= 11 is 0. The van der Waals surface area contributed by atoms with Crippen molar-refractivity contribution in [2.24, 2.45) is 5.92 Å². The van der Waals surface area contributed by atoms with Crippen LogP contribution in [0.1, 0.15) is 12.8 Å². The van der Waals surface area contributed by atoms with Crippen LogP contribution in [-0.4, -0.2) is 62.8 Å². The number of anilines is 1. The lowest BCUT2D eigenvalue weighted by atomic mass is 9.96. The first kappa shape index (κ1) is 22.6. The van der Waals surface area contributed by atoms with Crippen molar-refractivity contribution < 1.29 is 26.4 Å². The quantitative estimate of drug-likeness (QED) is 0.694. The molecule has 2 fully saturated rings. The number of sulfonamides is 1. The number of carbonyl (C=O) groups is 1. The molecule has 0 spiro atoms. The number of nitrogens with zero attached hydrogens (tertiary/aromatic N) is 3. The molecule has 0 aromatic heterocycles. The Morgan fingerprint density at radius 1 is 0.812 bits per heavy atom. The van der Waals surface area contributed by atoms with Gasteiger partial charge in [0.1, 0.15) is 5.82 Å². The van der Waals surface area contributed by atoms with Gasteiger partial charge >= 0.3 is 0 Å². The van der Waals surface area contributed by atoms with Crippen LogP contribution in [-0.2, 0) is 14.8 Å². The lowest BCUT2D eigenvalue weighted by Gasteiger charge is -2.39. The molecule has 32 heavy (non-hydrogen) atoms. The van der Waals surface area contributed by atoms with E-state index in [1.807, 2.05) is 0 Å². The third-order valence-electron chi connectivity index (χ3n) is 6.12. The van der Waals surface area contributed by atoms with Gasteiger partial charge in [-0.25, -0.2) is 21.6 Å². The van der Waals surface area contributed by atoms with E-state index >= 15 is 0 Å². The summed E-state index contributed by atoms with van der Waals surface area (Å²) < 4.78 is 66.4. The summed E-state index contributed by atoms with van der Waals surface area (Å²) in [5, 5.41) is 0. The van der Waals surface area contributed by atoms with Crippen LogP contribution >= 0.6 is 0 Å². The Morgan fingerprint density at radius 3 is 2.03 bits per heavy atom. The normalized spacial score (nSPS) is 18.7. The highest BCUT2D eigenvalue weighted by Crippen LogP contribution is 2.27. The van der Waals surface area contributed by atoms with Crippen molar-refractivity contribution in [3.8, 4) is 0 Å². The third kappa shape index (κ3) is 4.61. The van der Waals surface area contributed by atoms with Gasteiger partial charge in [-0.2, -0.15) is 4.31 Å². The first-order valence-electron chi connectivity index (χ1n) is 10.5. The van der Waals surface area contributed by atoms with Gasteiger partial charge in [0.15, 0.2) is 11.6 Å². The Hall–Kier alpha value is -2.59.